The van der Waals surface area contributed by atoms with Crippen LogP contribution in [0.25, 0.3) is 0 Å². The molecule has 0 radical (unpaired) electrons. The van der Waals surface area contributed by atoms with E-state index in [0.717, 1.165) is 5.56 Å². The Balaban J connectivity index is 1.59. The van der Waals surface area contributed by atoms with Gasteiger partial charge in [-0.2, -0.15) is 0 Å². The smallest absolute Gasteiger partial charge is 0.258 e. The van der Waals surface area contributed by atoms with Crippen molar-refractivity contribution in [3.63, 3.8) is 0 Å². The Hall–Kier alpha value is -3.22. The van der Waals surface area contributed by atoms with Gasteiger partial charge in [0.05, 0.1) is 13.2 Å². The number of Topliss-reactive ketones (excluding diaryl/α,β-unsaturated/α-hetero) is 1. The van der Waals surface area contributed by atoms with Crippen molar-refractivity contribution in [1.29, 1.82) is 0 Å². The van der Waals surface area contributed by atoms with Crippen molar-refractivity contribution < 1.29 is 28.5 Å². The lowest BCUT2D eigenvalue weighted by molar-refractivity contribution is -0.123. The monoisotopic (exact) mass is 371 g/mol. The maximum absolute atomic E-state index is 12.2. The SMILES string of the molecule is COc1cc(C(C)=O)ccc1OCC(=O)N[C@@H](C)c1ccc2c(c1)OCO2. The lowest BCUT2D eigenvalue weighted by atomic mass is 10.1. The molecule has 0 bridgehead atoms. The minimum atomic E-state index is -0.280. The van der Waals surface area contributed by atoms with Crippen LogP contribution in [0.4, 0.5) is 0 Å². The van der Waals surface area contributed by atoms with Gasteiger partial charge in [-0.1, -0.05) is 6.07 Å². The molecule has 1 atom stereocenters. The first kappa shape index (κ1) is 18.6. The molecule has 27 heavy (non-hydrogen) atoms. The first-order valence-electron chi connectivity index (χ1n) is 8.48. The second-order valence-electron chi connectivity index (χ2n) is 6.11. The molecule has 0 spiro atoms. The molecule has 1 aliphatic rings. The molecule has 0 saturated heterocycles. The third-order valence-corrected chi connectivity index (χ3v) is 4.20. The minimum Gasteiger partial charge on any atom is -0.493 e. The van der Waals surface area contributed by atoms with Crippen LogP contribution in [0.1, 0.15) is 35.8 Å². The largest absolute Gasteiger partial charge is 0.493 e. The van der Waals surface area contributed by atoms with E-state index in [0.29, 0.717) is 28.6 Å². The highest BCUT2D eigenvalue weighted by Crippen LogP contribution is 2.34. The molecule has 0 unspecified atom stereocenters. The summed E-state index contributed by atoms with van der Waals surface area (Å²) in [4.78, 5) is 23.7. The van der Waals surface area contributed by atoms with Gasteiger partial charge >= 0.3 is 0 Å². The number of rotatable bonds is 7. The minimum absolute atomic E-state index is 0.0739. The van der Waals surface area contributed by atoms with Gasteiger partial charge in [0.2, 0.25) is 6.79 Å². The van der Waals surface area contributed by atoms with Crippen molar-refractivity contribution in [1.82, 2.24) is 5.32 Å². The molecular formula is C20H21NO6. The van der Waals surface area contributed by atoms with E-state index in [4.69, 9.17) is 18.9 Å². The van der Waals surface area contributed by atoms with Gasteiger partial charge in [-0.05, 0) is 49.7 Å². The van der Waals surface area contributed by atoms with E-state index in [9.17, 15) is 9.59 Å². The van der Waals surface area contributed by atoms with Crippen LogP contribution in [0.2, 0.25) is 0 Å². The zero-order valence-corrected chi connectivity index (χ0v) is 15.4. The van der Waals surface area contributed by atoms with Gasteiger partial charge in [-0.15, -0.1) is 0 Å². The lowest BCUT2D eigenvalue weighted by Gasteiger charge is -2.16. The van der Waals surface area contributed by atoms with Crippen molar-refractivity contribution in [2.45, 2.75) is 19.9 Å². The number of hydrogen-bond acceptors (Lipinski definition) is 6. The highest BCUT2D eigenvalue weighted by Gasteiger charge is 2.17. The van der Waals surface area contributed by atoms with Crippen LogP contribution in [0.5, 0.6) is 23.0 Å². The Morgan fingerprint density at radius 1 is 1.11 bits per heavy atom. The number of nitrogens with one attached hydrogen (secondary N) is 1. The highest BCUT2D eigenvalue weighted by molar-refractivity contribution is 5.94. The number of carbonyl (C=O) groups is 2. The van der Waals surface area contributed by atoms with E-state index in [1.165, 1.54) is 14.0 Å². The standard InChI is InChI=1S/C20H21NO6/c1-12(14-4-6-17-19(8-14)27-11-26-17)21-20(23)10-25-16-7-5-15(13(2)22)9-18(16)24-3/h4-9,12H,10-11H2,1-3H3,(H,21,23)/t12-/m0/s1. The van der Waals surface area contributed by atoms with Gasteiger partial charge in [0.1, 0.15) is 0 Å². The van der Waals surface area contributed by atoms with Crippen molar-refractivity contribution >= 4 is 11.7 Å². The number of methoxy groups -OCH3 is 1. The summed E-state index contributed by atoms with van der Waals surface area (Å²) >= 11 is 0. The molecule has 2 aromatic rings. The summed E-state index contributed by atoms with van der Waals surface area (Å²) in [5, 5.41) is 2.87. The number of amides is 1. The third kappa shape index (κ3) is 4.31. The Labute approximate surface area is 157 Å². The van der Waals surface area contributed by atoms with E-state index >= 15 is 0 Å². The summed E-state index contributed by atoms with van der Waals surface area (Å²) in [5.41, 5.74) is 1.41. The molecule has 0 aromatic heterocycles. The number of fused-ring (bicyclic) bond motifs is 1. The summed E-state index contributed by atoms with van der Waals surface area (Å²) in [6.07, 6.45) is 0. The number of benzene rings is 2. The Kier molecular flexibility index (Phi) is 5.49. The number of hydrogen-bond donors (Lipinski definition) is 1. The van der Waals surface area contributed by atoms with Crippen molar-refractivity contribution in [2.75, 3.05) is 20.5 Å². The van der Waals surface area contributed by atoms with E-state index in [-0.39, 0.29) is 31.1 Å². The summed E-state index contributed by atoms with van der Waals surface area (Å²) in [6, 6.07) is 10.2. The van der Waals surface area contributed by atoms with Crippen LogP contribution in [0.3, 0.4) is 0 Å². The molecule has 1 aliphatic heterocycles. The first-order chi connectivity index (χ1) is 13.0. The average Bonchev–Trinajstić information content (AvgIpc) is 3.13. The molecule has 3 rings (SSSR count). The van der Waals surface area contributed by atoms with Crippen LogP contribution in [-0.4, -0.2) is 32.2 Å². The summed E-state index contributed by atoms with van der Waals surface area (Å²) in [7, 11) is 1.48. The zero-order chi connectivity index (χ0) is 19.4. The van der Waals surface area contributed by atoms with Gasteiger partial charge in [0.15, 0.2) is 35.4 Å². The van der Waals surface area contributed by atoms with E-state index in [2.05, 4.69) is 5.32 Å². The predicted molar refractivity (Wildman–Crippen MR) is 97.6 cm³/mol. The van der Waals surface area contributed by atoms with Crippen LogP contribution in [-0.2, 0) is 4.79 Å². The van der Waals surface area contributed by atoms with Crippen molar-refractivity contribution in [2.24, 2.45) is 0 Å². The second-order valence-corrected chi connectivity index (χ2v) is 6.11. The van der Waals surface area contributed by atoms with Crippen molar-refractivity contribution in [3.05, 3.63) is 47.5 Å². The van der Waals surface area contributed by atoms with Gasteiger partial charge in [-0.25, -0.2) is 0 Å². The zero-order valence-electron chi connectivity index (χ0n) is 15.4. The van der Waals surface area contributed by atoms with Gasteiger partial charge in [0.25, 0.3) is 5.91 Å². The molecule has 7 heteroatoms. The van der Waals surface area contributed by atoms with Gasteiger partial charge < -0.3 is 24.3 Å². The van der Waals surface area contributed by atoms with Gasteiger partial charge in [-0.3, -0.25) is 9.59 Å². The third-order valence-electron chi connectivity index (χ3n) is 4.20. The highest BCUT2D eigenvalue weighted by atomic mass is 16.7. The fraction of sp³-hybridized carbons (Fsp3) is 0.300. The molecule has 1 heterocycles. The maximum Gasteiger partial charge on any atom is 0.258 e. The normalized spacial score (nSPS) is 13.0. The average molecular weight is 371 g/mol. The molecule has 0 aliphatic carbocycles. The van der Waals surface area contributed by atoms with E-state index < -0.39 is 0 Å². The second kappa shape index (κ2) is 7.99. The van der Waals surface area contributed by atoms with E-state index in [1.54, 1.807) is 18.2 Å². The van der Waals surface area contributed by atoms with E-state index in [1.807, 2.05) is 25.1 Å². The molecule has 0 saturated carbocycles. The van der Waals surface area contributed by atoms with Crippen LogP contribution < -0.4 is 24.3 Å². The quantitative estimate of drug-likeness (QED) is 0.754. The predicted octanol–water partition coefficient (Wildman–Crippen LogP) is 2.88. The molecule has 1 amide bonds. The number of ketones is 1. The Bertz CT molecular complexity index is 864. The van der Waals surface area contributed by atoms with Crippen molar-refractivity contribution in [3.8, 4) is 23.0 Å². The molecule has 142 valence electrons. The molecule has 1 N–H and O–H groups in total. The van der Waals surface area contributed by atoms with Crippen LogP contribution in [0.15, 0.2) is 36.4 Å². The summed E-state index contributed by atoms with van der Waals surface area (Å²) in [6.45, 7) is 3.38. The Morgan fingerprint density at radius 3 is 2.63 bits per heavy atom. The molecule has 7 nitrogen and oxygen atoms in total. The first-order valence-corrected chi connectivity index (χ1v) is 8.48. The molecule has 2 aromatic carbocycles. The maximum atomic E-state index is 12.2. The fourth-order valence-electron chi connectivity index (χ4n) is 2.70. The number of ether oxygens (including phenoxy) is 4. The Morgan fingerprint density at radius 2 is 1.89 bits per heavy atom. The van der Waals surface area contributed by atoms with Gasteiger partial charge in [0, 0.05) is 5.56 Å². The van der Waals surface area contributed by atoms with Crippen LogP contribution in [0, 0.1) is 0 Å². The van der Waals surface area contributed by atoms with Crippen LogP contribution >= 0.6 is 0 Å². The topological polar surface area (TPSA) is 83.1 Å². The lowest BCUT2D eigenvalue weighted by Crippen LogP contribution is -2.31. The number of carbonyl (C=O) groups excluding carboxylic acids is 2. The molecule has 0 fully saturated rings. The summed E-state index contributed by atoms with van der Waals surface area (Å²) in [5.74, 6) is 1.81. The summed E-state index contributed by atoms with van der Waals surface area (Å²) < 4.78 is 21.4. The molecular weight excluding hydrogens is 350 g/mol. The fourth-order valence-corrected chi connectivity index (χ4v) is 2.70.